The van der Waals surface area contributed by atoms with Gasteiger partial charge in [0.15, 0.2) is 0 Å². The summed E-state index contributed by atoms with van der Waals surface area (Å²) >= 11 is 0. The van der Waals surface area contributed by atoms with E-state index in [0.717, 1.165) is 48.3 Å². The van der Waals surface area contributed by atoms with E-state index in [1.807, 2.05) is 54.6 Å². The summed E-state index contributed by atoms with van der Waals surface area (Å²) in [5, 5.41) is 1.04. The smallest absolute Gasteiger partial charge is 0.338 e. The fourth-order valence-corrected chi connectivity index (χ4v) is 3.32. The normalized spacial score (nSPS) is 15.1. The van der Waals surface area contributed by atoms with Crippen molar-refractivity contribution in [2.45, 2.75) is 6.61 Å². The first-order valence-corrected chi connectivity index (χ1v) is 9.23. The Morgan fingerprint density at radius 1 is 1.04 bits per heavy atom. The highest BCUT2D eigenvalue weighted by Gasteiger charge is 2.15. The first-order valence-electron chi connectivity index (χ1n) is 9.23. The van der Waals surface area contributed by atoms with Crippen LogP contribution in [0.3, 0.4) is 0 Å². The van der Waals surface area contributed by atoms with E-state index in [0.29, 0.717) is 5.56 Å². The predicted molar refractivity (Wildman–Crippen MR) is 107 cm³/mol. The molecule has 27 heavy (non-hydrogen) atoms. The number of benzene rings is 2. The van der Waals surface area contributed by atoms with Crippen LogP contribution in [0.4, 0.5) is 5.69 Å². The van der Waals surface area contributed by atoms with Crippen LogP contribution in [0.5, 0.6) is 0 Å². The number of pyridine rings is 1. The zero-order valence-electron chi connectivity index (χ0n) is 15.5. The molecule has 138 valence electrons. The zero-order valence-corrected chi connectivity index (χ0v) is 15.5. The van der Waals surface area contributed by atoms with E-state index in [-0.39, 0.29) is 12.6 Å². The number of rotatable bonds is 4. The van der Waals surface area contributed by atoms with Crippen LogP contribution in [0, 0.1) is 0 Å². The Labute approximate surface area is 159 Å². The lowest BCUT2D eigenvalue weighted by atomic mass is 10.1. The predicted octanol–water partition coefficient (Wildman–Crippen LogP) is 3.34. The van der Waals surface area contributed by atoms with Crippen LogP contribution >= 0.6 is 0 Å². The zero-order chi connectivity index (χ0) is 18.6. The molecule has 0 radical (unpaired) electrons. The molecule has 0 aliphatic carbocycles. The molecule has 5 nitrogen and oxygen atoms in total. The summed E-state index contributed by atoms with van der Waals surface area (Å²) in [6.45, 7) is 4.40. The van der Waals surface area contributed by atoms with Gasteiger partial charge in [0.2, 0.25) is 0 Å². The Bertz CT molecular complexity index is 932. The van der Waals surface area contributed by atoms with Gasteiger partial charge in [0, 0.05) is 43.4 Å². The highest BCUT2D eigenvalue weighted by Crippen LogP contribution is 2.18. The van der Waals surface area contributed by atoms with Crippen molar-refractivity contribution in [1.82, 2.24) is 9.88 Å². The van der Waals surface area contributed by atoms with Gasteiger partial charge in [-0.15, -0.1) is 0 Å². The first-order chi connectivity index (χ1) is 13.2. The van der Waals surface area contributed by atoms with Crippen molar-refractivity contribution in [3.63, 3.8) is 0 Å². The maximum atomic E-state index is 12.4. The van der Waals surface area contributed by atoms with E-state index < -0.39 is 0 Å². The molecule has 0 N–H and O–H groups in total. The quantitative estimate of drug-likeness (QED) is 0.667. The van der Waals surface area contributed by atoms with Crippen molar-refractivity contribution in [2.24, 2.45) is 0 Å². The number of nitrogens with zero attached hydrogens (tertiary/aromatic N) is 3. The molecule has 1 aliphatic rings. The molecule has 5 heteroatoms. The van der Waals surface area contributed by atoms with Gasteiger partial charge < -0.3 is 14.5 Å². The number of piperazine rings is 1. The molecule has 2 aromatic carbocycles. The number of aromatic nitrogens is 1. The third-order valence-electron chi connectivity index (χ3n) is 5.01. The molecule has 4 rings (SSSR count). The second-order valence-corrected chi connectivity index (χ2v) is 6.94. The van der Waals surface area contributed by atoms with E-state index in [9.17, 15) is 4.79 Å². The molecule has 3 aromatic rings. The lowest BCUT2D eigenvalue weighted by molar-refractivity contribution is 0.0473. The van der Waals surface area contributed by atoms with Gasteiger partial charge >= 0.3 is 5.97 Å². The third-order valence-corrected chi connectivity index (χ3v) is 5.01. The van der Waals surface area contributed by atoms with Crippen LogP contribution in [0.2, 0.25) is 0 Å². The van der Waals surface area contributed by atoms with Gasteiger partial charge in [0.1, 0.15) is 6.61 Å². The fraction of sp³-hybridized carbons (Fsp3) is 0.273. The van der Waals surface area contributed by atoms with Gasteiger partial charge in [-0.1, -0.05) is 12.1 Å². The second-order valence-electron chi connectivity index (χ2n) is 6.94. The van der Waals surface area contributed by atoms with Crippen molar-refractivity contribution < 1.29 is 9.53 Å². The van der Waals surface area contributed by atoms with Crippen LogP contribution in [0.15, 0.2) is 60.8 Å². The van der Waals surface area contributed by atoms with Crippen LogP contribution in [-0.2, 0) is 11.3 Å². The molecule has 0 unspecified atom stereocenters. The number of hydrogen-bond acceptors (Lipinski definition) is 5. The molecule has 0 amide bonds. The summed E-state index contributed by atoms with van der Waals surface area (Å²) < 4.78 is 5.48. The van der Waals surface area contributed by atoms with Crippen LogP contribution < -0.4 is 4.90 Å². The molecule has 0 saturated carbocycles. The van der Waals surface area contributed by atoms with Crippen molar-refractivity contribution >= 4 is 22.6 Å². The average Bonchev–Trinajstić information content (AvgIpc) is 2.72. The Balaban J connectivity index is 1.37. The van der Waals surface area contributed by atoms with Crippen molar-refractivity contribution in [3.8, 4) is 0 Å². The van der Waals surface area contributed by atoms with E-state index in [1.54, 1.807) is 6.20 Å². The third kappa shape index (κ3) is 4.09. The van der Waals surface area contributed by atoms with Crippen molar-refractivity contribution in [2.75, 3.05) is 38.1 Å². The van der Waals surface area contributed by atoms with Gasteiger partial charge in [-0.05, 0) is 55.1 Å². The van der Waals surface area contributed by atoms with Crippen molar-refractivity contribution in [3.05, 3.63) is 71.9 Å². The van der Waals surface area contributed by atoms with Gasteiger partial charge in [0.25, 0.3) is 0 Å². The highest BCUT2D eigenvalue weighted by molar-refractivity contribution is 5.90. The Morgan fingerprint density at radius 3 is 2.59 bits per heavy atom. The number of ether oxygens (including phenoxy) is 1. The fourth-order valence-electron chi connectivity index (χ4n) is 3.32. The number of anilines is 1. The molecule has 0 bridgehead atoms. The maximum absolute atomic E-state index is 12.4. The average molecular weight is 361 g/mol. The Hall–Kier alpha value is -2.92. The van der Waals surface area contributed by atoms with Gasteiger partial charge in [-0.2, -0.15) is 0 Å². The summed E-state index contributed by atoms with van der Waals surface area (Å²) in [5.41, 5.74) is 3.63. The van der Waals surface area contributed by atoms with E-state index >= 15 is 0 Å². The molecule has 1 saturated heterocycles. The molecule has 1 aliphatic heterocycles. The second kappa shape index (κ2) is 7.76. The largest absolute Gasteiger partial charge is 0.457 e. The van der Waals surface area contributed by atoms with E-state index in [2.05, 4.69) is 21.8 Å². The minimum atomic E-state index is -0.300. The number of esters is 1. The standard InChI is InChI=1S/C22H23N3O2/c1-24-11-13-25(14-12-24)20-7-5-18(6-8-20)22(26)27-16-17-4-9-21-19(15-17)3-2-10-23-21/h2-10,15H,11-14,16H2,1H3. The maximum Gasteiger partial charge on any atom is 0.338 e. The molecular weight excluding hydrogens is 338 g/mol. The van der Waals surface area contributed by atoms with Crippen LogP contribution in [0.1, 0.15) is 15.9 Å². The topological polar surface area (TPSA) is 45.7 Å². The number of hydrogen-bond donors (Lipinski definition) is 0. The molecule has 2 heterocycles. The van der Waals surface area contributed by atoms with Crippen molar-refractivity contribution in [1.29, 1.82) is 0 Å². The van der Waals surface area contributed by atoms with Crippen LogP contribution in [0.25, 0.3) is 10.9 Å². The minimum Gasteiger partial charge on any atom is -0.457 e. The summed E-state index contributed by atoms with van der Waals surface area (Å²) in [6.07, 6.45) is 1.77. The van der Waals surface area contributed by atoms with E-state index in [4.69, 9.17) is 4.74 Å². The molecule has 1 fully saturated rings. The van der Waals surface area contributed by atoms with Crippen LogP contribution in [-0.4, -0.2) is 49.1 Å². The number of carbonyl (C=O) groups is 1. The summed E-state index contributed by atoms with van der Waals surface area (Å²) in [6, 6.07) is 17.5. The Morgan fingerprint density at radius 2 is 1.81 bits per heavy atom. The number of likely N-dealkylation sites (N-methyl/N-ethyl adjacent to an activating group) is 1. The summed E-state index contributed by atoms with van der Waals surface area (Å²) in [4.78, 5) is 21.3. The SMILES string of the molecule is CN1CCN(c2ccc(C(=O)OCc3ccc4ncccc4c3)cc2)CC1. The number of carbonyl (C=O) groups excluding carboxylic acids is 1. The lowest BCUT2D eigenvalue weighted by Gasteiger charge is -2.34. The van der Waals surface area contributed by atoms with Gasteiger partial charge in [0.05, 0.1) is 11.1 Å². The summed E-state index contributed by atoms with van der Waals surface area (Å²) in [7, 11) is 2.14. The highest BCUT2D eigenvalue weighted by atomic mass is 16.5. The first kappa shape index (κ1) is 17.5. The van der Waals surface area contributed by atoms with E-state index in [1.165, 1.54) is 0 Å². The molecule has 0 spiro atoms. The molecule has 1 aromatic heterocycles. The Kier molecular flexibility index (Phi) is 5.03. The number of fused-ring (bicyclic) bond motifs is 1. The molecule has 0 atom stereocenters. The minimum absolute atomic E-state index is 0.254. The monoisotopic (exact) mass is 361 g/mol. The molecular formula is C22H23N3O2. The lowest BCUT2D eigenvalue weighted by Crippen LogP contribution is -2.44. The summed E-state index contributed by atoms with van der Waals surface area (Å²) in [5.74, 6) is -0.300. The van der Waals surface area contributed by atoms with Gasteiger partial charge in [-0.25, -0.2) is 4.79 Å². The van der Waals surface area contributed by atoms with Gasteiger partial charge in [-0.3, -0.25) is 4.98 Å².